The van der Waals surface area contributed by atoms with Crippen LogP contribution in [-0.4, -0.2) is 4.98 Å². The molecule has 0 amide bonds. The smallest absolute Gasteiger partial charge is 0.226 e. The average Bonchev–Trinajstić information content (AvgIpc) is 2.67. The van der Waals surface area contributed by atoms with Crippen LogP contribution in [0.1, 0.15) is 11.3 Å². The van der Waals surface area contributed by atoms with Gasteiger partial charge in [0.15, 0.2) is 0 Å². The van der Waals surface area contributed by atoms with E-state index in [4.69, 9.17) is 16.0 Å². The van der Waals surface area contributed by atoms with E-state index in [1.807, 2.05) is 31.2 Å². The summed E-state index contributed by atoms with van der Waals surface area (Å²) in [6, 6.07) is 7.97. The molecule has 3 heteroatoms. The topological polar surface area (TPSA) is 26.0 Å². The number of aryl methyl sites for hydroxylation is 1. The Bertz CT molecular complexity index is 436. The third-order valence-electron chi connectivity index (χ3n) is 2.06. The fourth-order valence-electron chi connectivity index (χ4n) is 1.30. The highest BCUT2D eigenvalue weighted by Gasteiger charge is 2.07. The third-order valence-corrected chi connectivity index (χ3v) is 2.34. The molecule has 0 bridgehead atoms. The van der Waals surface area contributed by atoms with Gasteiger partial charge in [-0.1, -0.05) is 18.2 Å². The summed E-state index contributed by atoms with van der Waals surface area (Å²) in [5.74, 6) is 1.02. The Balaban J connectivity index is 2.44. The van der Waals surface area contributed by atoms with Gasteiger partial charge in [-0.3, -0.25) is 0 Å². The molecule has 1 aromatic carbocycles. The Kier molecular flexibility index (Phi) is 2.55. The Morgan fingerprint density at radius 2 is 2.14 bits per heavy atom. The molecule has 0 aliphatic rings. The van der Waals surface area contributed by atoms with Gasteiger partial charge in [-0.15, -0.1) is 11.6 Å². The van der Waals surface area contributed by atoms with Gasteiger partial charge < -0.3 is 4.42 Å². The highest BCUT2D eigenvalue weighted by atomic mass is 35.5. The quantitative estimate of drug-likeness (QED) is 0.706. The predicted molar refractivity (Wildman–Crippen MR) is 56.2 cm³/mol. The fourth-order valence-corrected chi connectivity index (χ4v) is 1.43. The number of hydrogen-bond acceptors (Lipinski definition) is 2. The van der Waals surface area contributed by atoms with Crippen LogP contribution in [0, 0.1) is 6.92 Å². The number of nitrogens with zero attached hydrogens (tertiary/aromatic N) is 1. The van der Waals surface area contributed by atoms with Crippen molar-refractivity contribution in [3.8, 4) is 11.5 Å². The molecule has 0 saturated carbocycles. The Morgan fingerprint density at radius 1 is 1.36 bits per heavy atom. The highest BCUT2D eigenvalue weighted by Crippen LogP contribution is 2.22. The molecule has 1 heterocycles. The maximum absolute atomic E-state index is 5.64. The van der Waals surface area contributed by atoms with Gasteiger partial charge in [0.05, 0.1) is 11.6 Å². The SMILES string of the molecule is Cc1ccccc1-c1nc(CCl)co1. The Labute approximate surface area is 87.5 Å². The van der Waals surface area contributed by atoms with E-state index in [-0.39, 0.29) is 0 Å². The van der Waals surface area contributed by atoms with Crippen molar-refractivity contribution in [2.24, 2.45) is 0 Å². The van der Waals surface area contributed by atoms with Gasteiger partial charge in [-0.2, -0.15) is 0 Å². The maximum atomic E-state index is 5.64. The molecule has 0 aliphatic carbocycles. The second-order valence-electron chi connectivity index (χ2n) is 3.09. The number of benzene rings is 1. The molecular weight excluding hydrogens is 198 g/mol. The van der Waals surface area contributed by atoms with Crippen LogP contribution in [0.2, 0.25) is 0 Å². The van der Waals surface area contributed by atoms with E-state index in [0.717, 1.165) is 16.8 Å². The number of halogens is 1. The zero-order valence-corrected chi connectivity index (χ0v) is 8.58. The van der Waals surface area contributed by atoms with Gasteiger partial charge in [0.25, 0.3) is 0 Å². The van der Waals surface area contributed by atoms with Crippen molar-refractivity contribution in [2.45, 2.75) is 12.8 Å². The average molecular weight is 208 g/mol. The van der Waals surface area contributed by atoms with Crippen molar-refractivity contribution in [3.63, 3.8) is 0 Å². The molecule has 0 fully saturated rings. The molecule has 0 unspecified atom stereocenters. The van der Waals surface area contributed by atoms with Gasteiger partial charge in [-0.05, 0) is 18.6 Å². The van der Waals surface area contributed by atoms with Gasteiger partial charge >= 0.3 is 0 Å². The summed E-state index contributed by atoms with van der Waals surface area (Å²) >= 11 is 5.64. The Hall–Kier alpha value is -1.28. The minimum Gasteiger partial charge on any atom is -0.444 e. The van der Waals surface area contributed by atoms with Crippen molar-refractivity contribution in [3.05, 3.63) is 41.8 Å². The van der Waals surface area contributed by atoms with Crippen LogP contribution in [0.15, 0.2) is 34.9 Å². The molecule has 0 atom stereocenters. The van der Waals surface area contributed by atoms with E-state index >= 15 is 0 Å². The van der Waals surface area contributed by atoms with Gasteiger partial charge in [0, 0.05) is 5.56 Å². The Morgan fingerprint density at radius 3 is 2.79 bits per heavy atom. The molecule has 0 radical (unpaired) electrons. The van der Waals surface area contributed by atoms with Gasteiger partial charge in [-0.25, -0.2) is 4.98 Å². The van der Waals surface area contributed by atoms with Crippen molar-refractivity contribution in [1.82, 2.24) is 4.98 Å². The molecule has 0 N–H and O–H groups in total. The zero-order chi connectivity index (χ0) is 9.97. The number of oxazole rings is 1. The molecule has 0 aliphatic heterocycles. The normalized spacial score (nSPS) is 10.4. The first-order valence-corrected chi connectivity index (χ1v) is 4.91. The standard InChI is InChI=1S/C11H10ClNO/c1-8-4-2-3-5-10(8)11-13-9(6-12)7-14-11/h2-5,7H,6H2,1H3. The summed E-state index contributed by atoms with van der Waals surface area (Å²) in [4.78, 5) is 4.26. The van der Waals surface area contributed by atoms with E-state index in [2.05, 4.69) is 4.98 Å². The fraction of sp³-hybridized carbons (Fsp3) is 0.182. The molecule has 2 rings (SSSR count). The lowest BCUT2D eigenvalue weighted by atomic mass is 10.1. The van der Waals surface area contributed by atoms with Gasteiger partial charge in [0.1, 0.15) is 6.26 Å². The molecule has 72 valence electrons. The first-order valence-electron chi connectivity index (χ1n) is 4.37. The third kappa shape index (κ3) is 1.66. The lowest BCUT2D eigenvalue weighted by Gasteiger charge is -1.98. The summed E-state index contributed by atoms with van der Waals surface area (Å²) in [5, 5.41) is 0. The molecule has 2 nitrogen and oxygen atoms in total. The number of alkyl halides is 1. The van der Waals surface area contributed by atoms with E-state index in [1.165, 1.54) is 0 Å². The summed E-state index contributed by atoms with van der Waals surface area (Å²) in [6.45, 7) is 2.03. The summed E-state index contributed by atoms with van der Waals surface area (Å²) < 4.78 is 5.33. The van der Waals surface area contributed by atoms with Crippen LogP contribution in [0.25, 0.3) is 11.5 Å². The highest BCUT2D eigenvalue weighted by molar-refractivity contribution is 6.16. The van der Waals surface area contributed by atoms with Crippen LogP contribution in [0.3, 0.4) is 0 Å². The molecule has 14 heavy (non-hydrogen) atoms. The maximum Gasteiger partial charge on any atom is 0.226 e. The van der Waals surface area contributed by atoms with Crippen molar-refractivity contribution < 1.29 is 4.42 Å². The summed E-state index contributed by atoms with van der Waals surface area (Å²) in [6.07, 6.45) is 1.59. The predicted octanol–water partition coefficient (Wildman–Crippen LogP) is 3.39. The van der Waals surface area contributed by atoms with Crippen molar-refractivity contribution >= 4 is 11.6 Å². The summed E-state index contributed by atoms with van der Waals surface area (Å²) in [5.41, 5.74) is 2.93. The lowest BCUT2D eigenvalue weighted by Crippen LogP contribution is -1.83. The number of hydrogen-bond donors (Lipinski definition) is 0. The van der Waals surface area contributed by atoms with E-state index < -0.39 is 0 Å². The number of rotatable bonds is 2. The molecule has 0 saturated heterocycles. The van der Waals surface area contributed by atoms with E-state index in [9.17, 15) is 0 Å². The second kappa shape index (κ2) is 3.84. The zero-order valence-electron chi connectivity index (χ0n) is 7.83. The van der Waals surface area contributed by atoms with Gasteiger partial charge in [0.2, 0.25) is 5.89 Å². The first kappa shape index (κ1) is 9.28. The summed E-state index contributed by atoms with van der Waals surface area (Å²) in [7, 11) is 0. The number of aromatic nitrogens is 1. The van der Waals surface area contributed by atoms with Crippen LogP contribution in [0.5, 0.6) is 0 Å². The molecule has 2 aromatic rings. The van der Waals surface area contributed by atoms with Crippen molar-refractivity contribution in [2.75, 3.05) is 0 Å². The first-order chi connectivity index (χ1) is 6.81. The minimum atomic E-state index is 0.384. The van der Waals surface area contributed by atoms with Crippen LogP contribution in [-0.2, 0) is 5.88 Å². The lowest BCUT2D eigenvalue weighted by molar-refractivity contribution is 0.573. The van der Waals surface area contributed by atoms with Crippen LogP contribution in [0.4, 0.5) is 0 Å². The molecular formula is C11H10ClNO. The second-order valence-corrected chi connectivity index (χ2v) is 3.36. The minimum absolute atomic E-state index is 0.384. The van der Waals surface area contributed by atoms with Crippen LogP contribution < -0.4 is 0 Å². The van der Waals surface area contributed by atoms with E-state index in [1.54, 1.807) is 6.26 Å². The van der Waals surface area contributed by atoms with Crippen LogP contribution >= 0.6 is 11.6 Å². The molecule has 0 spiro atoms. The largest absolute Gasteiger partial charge is 0.444 e. The van der Waals surface area contributed by atoms with E-state index in [0.29, 0.717) is 11.8 Å². The monoisotopic (exact) mass is 207 g/mol. The molecule has 1 aromatic heterocycles. The van der Waals surface area contributed by atoms with Crippen molar-refractivity contribution in [1.29, 1.82) is 0 Å².